The Hall–Kier alpha value is -3.11. The summed E-state index contributed by atoms with van der Waals surface area (Å²) >= 11 is 0. The van der Waals surface area contributed by atoms with E-state index in [1.54, 1.807) is 0 Å². The Bertz CT molecular complexity index is 985. The number of benzene rings is 3. The van der Waals surface area contributed by atoms with Gasteiger partial charge in [0, 0.05) is 6.54 Å². The van der Waals surface area contributed by atoms with E-state index >= 15 is 0 Å². The van der Waals surface area contributed by atoms with Gasteiger partial charge in [-0.3, -0.25) is 9.69 Å². The van der Waals surface area contributed by atoms with Crippen LogP contribution in [0.1, 0.15) is 41.1 Å². The summed E-state index contributed by atoms with van der Waals surface area (Å²) in [5.41, 5.74) is 4.54. The molecule has 2 atom stereocenters. The molecule has 0 aliphatic carbocycles. The van der Waals surface area contributed by atoms with Gasteiger partial charge in [-0.15, -0.1) is 0 Å². The molecule has 1 fully saturated rings. The maximum Gasteiger partial charge on any atom is 0.320 e. The van der Waals surface area contributed by atoms with E-state index in [4.69, 9.17) is 4.74 Å². The fourth-order valence-electron chi connectivity index (χ4n) is 4.29. The lowest BCUT2D eigenvalue weighted by molar-refractivity contribution is -0.142. The van der Waals surface area contributed by atoms with Crippen LogP contribution in [0.5, 0.6) is 5.75 Å². The fraction of sp³-hybridized carbons (Fsp3) is 0.269. The number of hydrogen-bond acceptors (Lipinski definition) is 3. The summed E-state index contributed by atoms with van der Waals surface area (Å²) in [5.74, 6) is 0.0660. The van der Waals surface area contributed by atoms with Gasteiger partial charge in [0.05, 0.1) is 6.04 Å². The third kappa shape index (κ3) is 4.39. The lowest BCUT2D eigenvalue weighted by Gasteiger charge is -2.33. The lowest BCUT2D eigenvalue weighted by Crippen LogP contribution is -2.39. The summed E-state index contributed by atoms with van der Waals surface area (Å²) < 4.78 is 5.93. The number of rotatable bonds is 7. The van der Waals surface area contributed by atoms with Gasteiger partial charge in [0.1, 0.15) is 18.4 Å². The predicted molar refractivity (Wildman–Crippen MR) is 118 cm³/mol. The summed E-state index contributed by atoms with van der Waals surface area (Å²) in [6.45, 7) is 3.39. The average molecular weight is 402 g/mol. The van der Waals surface area contributed by atoms with Crippen molar-refractivity contribution in [3.63, 3.8) is 0 Å². The molecular weight excluding hydrogens is 374 g/mol. The number of aryl methyl sites for hydroxylation is 1. The van der Waals surface area contributed by atoms with Crippen LogP contribution in [0.4, 0.5) is 0 Å². The van der Waals surface area contributed by atoms with Crippen molar-refractivity contribution in [2.24, 2.45) is 0 Å². The van der Waals surface area contributed by atoms with Crippen LogP contribution in [-0.4, -0.2) is 28.6 Å². The molecule has 0 saturated carbocycles. The van der Waals surface area contributed by atoms with Crippen molar-refractivity contribution in [2.45, 2.75) is 38.5 Å². The molecule has 0 radical (unpaired) electrons. The highest BCUT2D eigenvalue weighted by Crippen LogP contribution is 2.36. The maximum absolute atomic E-state index is 11.9. The first-order chi connectivity index (χ1) is 14.6. The molecule has 154 valence electrons. The van der Waals surface area contributed by atoms with E-state index in [-0.39, 0.29) is 6.04 Å². The van der Waals surface area contributed by atoms with Crippen LogP contribution in [0.2, 0.25) is 0 Å². The van der Waals surface area contributed by atoms with Crippen molar-refractivity contribution >= 4 is 5.97 Å². The van der Waals surface area contributed by atoms with Crippen LogP contribution in [0, 0.1) is 6.92 Å². The summed E-state index contributed by atoms with van der Waals surface area (Å²) in [6.07, 6.45) is 1.59. The minimum atomic E-state index is -0.742. The van der Waals surface area contributed by atoms with Crippen molar-refractivity contribution in [3.8, 4) is 5.75 Å². The molecule has 4 heteroatoms. The minimum absolute atomic E-state index is 0.0852. The van der Waals surface area contributed by atoms with Gasteiger partial charge in [-0.25, -0.2) is 0 Å². The molecule has 2 unspecified atom stereocenters. The summed E-state index contributed by atoms with van der Waals surface area (Å²) in [7, 11) is 0. The normalized spacial score (nSPS) is 17.6. The molecule has 1 aliphatic heterocycles. The van der Waals surface area contributed by atoms with E-state index in [1.165, 1.54) is 5.56 Å². The Morgan fingerprint density at radius 1 is 1.03 bits per heavy atom. The molecule has 0 aromatic heterocycles. The second-order valence-corrected chi connectivity index (χ2v) is 7.84. The van der Waals surface area contributed by atoms with E-state index in [0.29, 0.717) is 13.0 Å². The second kappa shape index (κ2) is 9.14. The molecule has 1 aliphatic rings. The number of nitrogens with zero attached hydrogens (tertiary/aromatic N) is 1. The number of aliphatic carboxylic acids is 1. The SMILES string of the molecule is Cc1ccccc1C(c1ccc(OCc2ccccc2)cc1)N1CCCC1C(=O)O. The third-order valence-electron chi connectivity index (χ3n) is 5.84. The molecule has 0 bridgehead atoms. The van der Waals surface area contributed by atoms with Crippen molar-refractivity contribution in [1.29, 1.82) is 0 Å². The van der Waals surface area contributed by atoms with Gasteiger partial charge in [0.2, 0.25) is 0 Å². The Kier molecular flexibility index (Phi) is 6.15. The zero-order valence-corrected chi connectivity index (χ0v) is 17.2. The first-order valence-electron chi connectivity index (χ1n) is 10.4. The van der Waals surface area contributed by atoms with Gasteiger partial charge in [-0.2, -0.15) is 0 Å². The van der Waals surface area contributed by atoms with Crippen LogP contribution in [0.25, 0.3) is 0 Å². The summed E-state index contributed by atoms with van der Waals surface area (Å²) in [4.78, 5) is 14.0. The first-order valence-corrected chi connectivity index (χ1v) is 10.4. The molecule has 4 rings (SSSR count). The Balaban J connectivity index is 1.61. The second-order valence-electron chi connectivity index (χ2n) is 7.84. The molecule has 3 aromatic rings. The Labute approximate surface area is 177 Å². The van der Waals surface area contributed by atoms with E-state index in [2.05, 4.69) is 36.1 Å². The topological polar surface area (TPSA) is 49.8 Å². The van der Waals surface area contributed by atoms with Crippen LogP contribution >= 0.6 is 0 Å². The Morgan fingerprint density at radius 2 is 1.73 bits per heavy atom. The van der Waals surface area contributed by atoms with E-state index < -0.39 is 12.0 Å². The van der Waals surface area contributed by atoms with Crippen molar-refractivity contribution in [2.75, 3.05) is 6.54 Å². The highest BCUT2D eigenvalue weighted by molar-refractivity contribution is 5.74. The third-order valence-corrected chi connectivity index (χ3v) is 5.84. The van der Waals surface area contributed by atoms with Gasteiger partial charge >= 0.3 is 5.97 Å². The standard InChI is InChI=1S/C26H27NO3/c1-19-8-5-6-11-23(19)25(27-17-7-12-24(27)26(28)29)21-13-15-22(16-14-21)30-18-20-9-3-2-4-10-20/h2-6,8-11,13-16,24-25H,7,12,17-18H2,1H3,(H,28,29). The first kappa shape index (κ1) is 20.2. The zero-order chi connectivity index (χ0) is 20.9. The average Bonchev–Trinajstić information content (AvgIpc) is 3.25. The monoisotopic (exact) mass is 401 g/mol. The lowest BCUT2D eigenvalue weighted by atomic mass is 9.93. The summed E-state index contributed by atoms with van der Waals surface area (Å²) in [6, 6.07) is 25.9. The zero-order valence-electron chi connectivity index (χ0n) is 17.2. The van der Waals surface area contributed by atoms with Crippen LogP contribution in [-0.2, 0) is 11.4 Å². The molecular formula is C26H27NO3. The molecule has 30 heavy (non-hydrogen) atoms. The molecule has 3 aromatic carbocycles. The van der Waals surface area contributed by atoms with Crippen LogP contribution < -0.4 is 4.74 Å². The van der Waals surface area contributed by atoms with Crippen LogP contribution in [0.15, 0.2) is 78.9 Å². The quantitative estimate of drug-likeness (QED) is 0.590. The van der Waals surface area contributed by atoms with Gasteiger partial charge in [0.25, 0.3) is 0 Å². The molecule has 1 N–H and O–H groups in total. The maximum atomic E-state index is 11.9. The fourth-order valence-corrected chi connectivity index (χ4v) is 4.29. The summed E-state index contributed by atoms with van der Waals surface area (Å²) in [5, 5.41) is 9.76. The number of carboxylic acid groups (broad SMARTS) is 1. The van der Waals surface area contributed by atoms with Gasteiger partial charge in [0.15, 0.2) is 0 Å². The minimum Gasteiger partial charge on any atom is -0.489 e. The van der Waals surface area contributed by atoms with Crippen molar-refractivity contribution < 1.29 is 14.6 Å². The van der Waals surface area contributed by atoms with Crippen LogP contribution in [0.3, 0.4) is 0 Å². The van der Waals surface area contributed by atoms with Crippen molar-refractivity contribution in [3.05, 3.63) is 101 Å². The van der Waals surface area contributed by atoms with E-state index in [0.717, 1.165) is 35.4 Å². The van der Waals surface area contributed by atoms with E-state index in [1.807, 2.05) is 54.6 Å². The smallest absolute Gasteiger partial charge is 0.320 e. The van der Waals surface area contributed by atoms with E-state index in [9.17, 15) is 9.90 Å². The Morgan fingerprint density at radius 3 is 2.43 bits per heavy atom. The number of ether oxygens (including phenoxy) is 1. The highest BCUT2D eigenvalue weighted by Gasteiger charge is 2.37. The molecule has 0 amide bonds. The molecule has 1 heterocycles. The van der Waals surface area contributed by atoms with Gasteiger partial charge < -0.3 is 9.84 Å². The largest absolute Gasteiger partial charge is 0.489 e. The molecule has 0 spiro atoms. The molecule has 1 saturated heterocycles. The molecule has 4 nitrogen and oxygen atoms in total. The number of carboxylic acids is 1. The van der Waals surface area contributed by atoms with Crippen molar-refractivity contribution in [1.82, 2.24) is 4.90 Å². The number of carbonyl (C=O) groups is 1. The van der Waals surface area contributed by atoms with Gasteiger partial charge in [-0.1, -0.05) is 66.7 Å². The predicted octanol–water partition coefficient (Wildman–Crippen LogP) is 5.21. The number of likely N-dealkylation sites (tertiary alicyclic amines) is 1. The highest BCUT2D eigenvalue weighted by atomic mass is 16.5. The number of hydrogen-bond donors (Lipinski definition) is 1. The van der Waals surface area contributed by atoms with Gasteiger partial charge in [-0.05, 0) is 54.2 Å².